The van der Waals surface area contributed by atoms with Gasteiger partial charge in [-0.25, -0.2) is 18.7 Å². The van der Waals surface area contributed by atoms with E-state index < -0.39 is 32.5 Å². The molecule has 2 aliphatic rings. The molecule has 37 heavy (non-hydrogen) atoms. The maximum absolute atomic E-state index is 12.8. The van der Waals surface area contributed by atoms with Gasteiger partial charge in [0.05, 0.1) is 6.54 Å². The van der Waals surface area contributed by atoms with E-state index in [0.717, 1.165) is 19.1 Å². The fourth-order valence-corrected chi connectivity index (χ4v) is 4.79. The Morgan fingerprint density at radius 2 is 1.97 bits per heavy atom. The van der Waals surface area contributed by atoms with Gasteiger partial charge in [0.1, 0.15) is 6.04 Å². The van der Waals surface area contributed by atoms with Gasteiger partial charge in [0.15, 0.2) is 14.6 Å². The van der Waals surface area contributed by atoms with Crippen LogP contribution >= 0.6 is 12.4 Å². The lowest BCUT2D eigenvalue weighted by molar-refractivity contribution is -0.142. The highest BCUT2D eigenvalue weighted by atomic mass is 35.5. The Hall–Kier alpha value is -3.03. The predicted octanol–water partition coefficient (Wildman–Crippen LogP) is 0.932. The first-order valence-corrected chi connectivity index (χ1v) is 13.2. The smallest absolute Gasteiger partial charge is 0.328 e. The van der Waals surface area contributed by atoms with Crippen LogP contribution in [0.25, 0.3) is 0 Å². The van der Waals surface area contributed by atoms with Crippen LogP contribution in [0.4, 0.5) is 4.79 Å². The highest BCUT2D eigenvalue weighted by Crippen LogP contribution is 2.45. The van der Waals surface area contributed by atoms with Gasteiger partial charge in [-0.3, -0.25) is 24.3 Å². The monoisotopic (exact) mass is 554 g/mol. The van der Waals surface area contributed by atoms with Crippen LogP contribution in [0, 0.1) is 29.1 Å². The zero-order valence-electron chi connectivity index (χ0n) is 21.1. The van der Waals surface area contributed by atoms with Crippen molar-refractivity contribution in [1.82, 2.24) is 19.8 Å². The topological polar surface area (TPSA) is 149 Å². The number of carbonyl (C=O) groups is 3. The molecule has 0 spiro atoms. The van der Waals surface area contributed by atoms with Crippen molar-refractivity contribution >= 4 is 40.2 Å². The number of sulfone groups is 1. The molecule has 1 fully saturated rings. The normalized spacial score (nSPS) is 17.8. The van der Waals surface area contributed by atoms with Gasteiger partial charge in [0.25, 0.3) is 5.91 Å². The molecule has 202 valence electrons. The molecule has 3 N–H and O–H groups in total. The van der Waals surface area contributed by atoms with E-state index in [1.807, 2.05) is 0 Å². The summed E-state index contributed by atoms with van der Waals surface area (Å²) in [7, 11) is -2.09. The summed E-state index contributed by atoms with van der Waals surface area (Å²) < 4.78 is 23.8. The molecule has 3 rings (SSSR count). The number of carboxylic acids is 1. The van der Waals surface area contributed by atoms with E-state index in [4.69, 9.17) is 10.3 Å². The van der Waals surface area contributed by atoms with Gasteiger partial charge in [-0.05, 0) is 58.1 Å². The first-order valence-electron chi connectivity index (χ1n) is 11.3. The number of halogens is 1. The number of hydroxylamine groups is 1. The number of aliphatic carboxylic acids is 1. The standard InChI is InChI=1S/C24H30N4O7S.ClH/c1-17(20(29)30)26(3)16-24(9-10-24)8-6-5-7-18-13-19-15-27(22(32)28(19)14-18)12-11-23(2,21(31)25-33)36(4,34)35;/h13-14,17,33H,9-12,15-16H2,1-4H3,(H,25,31)(H,29,30);1H/t17-,23?;/m1./s1. The summed E-state index contributed by atoms with van der Waals surface area (Å²) in [5.41, 5.74) is 2.44. The third-order valence-electron chi connectivity index (χ3n) is 7.01. The van der Waals surface area contributed by atoms with Crippen molar-refractivity contribution in [2.75, 3.05) is 26.4 Å². The molecule has 1 aromatic heterocycles. The van der Waals surface area contributed by atoms with E-state index in [2.05, 4.69) is 23.7 Å². The molecule has 2 atom stereocenters. The van der Waals surface area contributed by atoms with Crippen LogP contribution in [0.3, 0.4) is 0 Å². The molecule has 0 bridgehead atoms. The third-order valence-corrected chi connectivity index (χ3v) is 9.04. The minimum absolute atomic E-state index is 0. The number of aromatic nitrogens is 1. The van der Waals surface area contributed by atoms with Crippen LogP contribution in [-0.2, 0) is 26.0 Å². The number of hydrogen-bond acceptors (Lipinski definition) is 7. The minimum atomic E-state index is -3.86. The summed E-state index contributed by atoms with van der Waals surface area (Å²) in [6.07, 6.45) is 4.09. The van der Waals surface area contributed by atoms with Crippen molar-refractivity contribution < 1.29 is 33.1 Å². The summed E-state index contributed by atoms with van der Waals surface area (Å²) in [4.78, 5) is 39.1. The van der Waals surface area contributed by atoms with Crippen molar-refractivity contribution in [3.8, 4) is 23.7 Å². The van der Waals surface area contributed by atoms with Crippen molar-refractivity contribution in [2.24, 2.45) is 5.41 Å². The van der Waals surface area contributed by atoms with E-state index in [1.165, 1.54) is 21.9 Å². The summed E-state index contributed by atoms with van der Waals surface area (Å²) in [6.45, 7) is 3.62. The molecular weight excluding hydrogens is 524 g/mol. The quantitative estimate of drug-likeness (QED) is 0.232. The van der Waals surface area contributed by atoms with E-state index in [0.29, 0.717) is 17.8 Å². The number of amides is 2. The van der Waals surface area contributed by atoms with Gasteiger partial charge in [0.2, 0.25) is 0 Å². The molecule has 2 amide bonds. The summed E-state index contributed by atoms with van der Waals surface area (Å²) in [6, 6.07) is 0.790. The van der Waals surface area contributed by atoms with Crippen LogP contribution < -0.4 is 5.48 Å². The minimum Gasteiger partial charge on any atom is -0.480 e. The number of carbonyl (C=O) groups excluding carboxylic acids is 2. The van der Waals surface area contributed by atoms with Crippen LogP contribution in [0.15, 0.2) is 12.3 Å². The van der Waals surface area contributed by atoms with Gasteiger partial charge in [-0.1, -0.05) is 11.8 Å². The summed E-state index contributed by atoms with van der Waals surface area (Å²) in [5, 5.41) is 18.1. The van der Waals surface area contributed by atoms with E-state index in [9.17, 15) is 22.8 Å². The molecule has 1 aliphatic carbocycles. The second-order valence-electron chi connectivity index (χ2n) is 9.70. The summed E-state index contributed by atoms with van der Waals surface area (Å²) in [5.74, 6) is 9.80. The van der Waals surface area contributed by atoms with Crippen LogP contribution in [0.2, 0.25) is 0 Å². The van der Waals surface area contributed by atoms with E-state index in [-0.39, 0.29) is 43.4 Å². The SMILES string of the molecule is C[C@H](C(=O)O)N(C)CC1(C#CC#Cc2cc3n(c2)C(=O)N(CCC(C)(C(=O)NO)S(C)(=O)=O)C3)CC1.Cl. The largest absolute Gasteiger partial charge is 0.480 e. The molecule has 1 aliphatic heterocycles. The van der Waals surface area contributed by atoms with E-state index >= 15 is 0 Å². The van der Waals surface area contributed by atoms with Crippen molar-refractivity contribution in [3.05, 3.63) is 23.5 Å². The number of hydrogen-bond donors (Lipinski definition) is 3. The molecule has 11 nitrogen and oxygen atoms in total. The van der Waals surface area contributed by atoms with Gasteiger partial charge in [0, 0.05) is 42.2 Å². The maximum Gasteiger partial charge on any atom is 0.328 e. The molecule has 1 saturated carbocycles. The fourth-order valence-electron chi connectivity index (χ4n) is 3.94. The number of nitrogens with zero attached hydrogens (tertiary/aromatic N) is 3. The molecular formula is C24H31ClN4O7S. The van der Waals surface area contributed by atoms with Crippen molar-refractivity contribution in [2.45, 2.75) is 50.4 Å². The fraction of sp³-hybridized carbons (Fsp3) is 0.542. The summed E-state index contributed by atoms with van der Waals surface area (Å²) >= 11 is 0. The first-order chi connectivity index (χ1) is 16.7. The van der Waals surface area contributed by atoms with Gasteiger partial charge >= 0.3 is 12.0 Å². The predicted molar refractivity (Wildman–Crippen MR) is 137 cm³/mol. The molecule has 0 aromatic carbocycles. The molecule has 1 aromatic rings. The Morgan fingerprint density at radius 1 is 1.32 bits per heavy atom. The van der Waals surface area contributed by atoms with E-state index in [1.54, 1.807) is 31.1 Å². The van der Waals surface area contributed by atoms with Crippen molar-refractivity contribution in [1.29, 1.82) is 0 Å². The Morgan fingerprint density at radius 3 is 2.49 bits per heavy atom. The Kier molecular flexibility index (Phi) is 9.10. The van der Waals surface area contributed by atoms with Crippen molar-refractivity contribution in [3.63, 3.8) is 0 Å². The number of rotatable bonds is 9. The van der Waals surface area contributed by atoms with Gasteiger partial charge < -0.3 is 10.0 Å². The zero-order chi connectivity index (χ0) is 26.9. The molecule has 0 saturated heterocycles. The Bertz CT molecular complexity index is 1310. The van der Waals surface area contributed by atoms with Crippen LogP contribution in [0.1, 0.15) is 44.4 Å². The Balaban J connectivity index is 0.00000481. The van der Waals surface area contributed by atoms with Crippen LogP contribution in [0.5, 0.6) is 0 Å². The third kappa shape index (κ3) is 6.46. The number of likely N-dealkylation sites (N-methyl/N-ethyl adjacent to an activating group) is 1. The molecule has 13 heteroatoms. The number of carboxylic acid groups (broad SMARTS) is 1. The second-order valence-corrected chi connectivity index (χ2v) is 12.1. The molecule has 1 unspecified atom stereocenters. The average Bonchev–Trinajstić information content (AvgIpc) is 3.35. The average molecular weight is 555 g/mol. The second kappa shape index (κ2) is 11.2. The lowest BCUT2D eigenvalue weighted by atomic mass is 10.1. The lowest BCUT2D eigenvalue weighted by Gasteiger charge is -2.27. The zero-order valence-corrected chi connectivity index (χ0v) is 22.7. The van der Waals surface area contributed by atoms with Gasteiger partial charge in [-0.2, -0.15) is 0 Å². The van der Waals surface area contributed by atoms with Gasteiger partial charge in [-0.15, -0.1) is 12.4 Å². The lowest BCUT2D eigenvalue weighted by Crippen LogP contribution is -2.50. The highest BCUT2D eigenvalue weighted by Gasteiger charge is 2.45. The Labute approximate surface area is 222 Å². The van der Waals surface area contributed by atoms with Crippen LogP contribution in [-0.4, -0.2) is 88.2 Å². The number of nitrogens with one attached hydrogen (secondary N) is 1. The highest BCUT2D eigenvalue weighted by molar-refractivity contribution is 7.92. The first kappa shape index (κ1) is 30.2. The molecule has 2 heterocycles. The maximum atomic E-state index is 12.8. The molecule has 0 radical (unpaired) electrons. The number of fused-ring (bicyclic) bond motifs is 1.